The summed E-state index contributed by atoms with van der Waals surface area (Å²) in [5, 5.41) is 12.4. The zero-order valence-corrected chi connectivity index (χ0v) is 25.0. The number of pyridine rings is 2. The Morgan fingerprint density at radius 2 is 1.95 bits per heavy atom. The molecule has 0 fully saturated rings. The number of H-pyrrole nitrogens is 1. The number of amides is 3. The van der Waals surface area contributed by atoms with E-state index in [0.29, 0.717) is 41.1 Å². The van der Waals surface area contributed by atoms with Gasteiger partial charge in [-0.1, -0.05) is 31.5 Å². The Morgan fingerprint density at radius 1 is 1.24 bits per heavy atom. The lowest BCUT2D eigenvalue weighted by Crippen LogP contribution is -2.37. The first-order valence-electron chi connectivity index (χ1n) is 13.5. The minimum Gasteiger partial charge on any atom is -0.465 e. The SMILES string of the molecule is CC(C)Cc1ncc(F)c2cc(Cn3c(Cl)ccc(NC(=O)[C@@H](CC/C=C/C(=O)N(C)C)CN(C)C(=O)O)c3=O)[nH]c12. The Hall–Kier alpha value is -4.19. The molecule has 3 amide bonds. The first kappa shape index (κ1) is 32.3. The van der Waals surface area contributed by atoms with Gasteiger partial charge in [0.25, 0.3) is 5.56 Å². The van der Waals surface area contributed by atoms with Crippen molar-refractivity contribution in [2.45, 2.75) is 39.7 Å². The Morgan fingerprint density at radius 3 is 2.60 bits per heavy atom. The summed E-state index contributed by atoms with van der Waals surface area (Å²) in [7, 11) is 4.57. The van der Waals surface area contributed by atoms with Gasteiger partial charge in [-0.3, -0.25) is 23.9 Å². The van der Waals surface area contributed by atoms with Gasteiger partial charge in [-0.15, -0.1) is 0 Å². The molecule has 0 saturated carbocycles. The fourth-order valence-electron chi connectivity index (χ4n) is 4.37. The van der Waals surface area contributed by atoms with Crippen LogP contribution in [-0.4, -0.2) is 75.0 Å². The van der Waals surface area contributed by atoms with Gasteiger partial charge in [0, 0.05) is 38.8 Å². The Balaban J connectivity index is 1.85. The van der Waals surface area contributed by atoms with Crippen LogP contribution in [-0.2, 0) is 22.6 Å². The lowest BCUT2D eigenvalue weighted by molar-refractivity contribution is -0.123. The third-order valence-corrected chi connectivity index (χ3v) is 6.97. The van der Waals surface area contributed by atoms with Crippen LogP contribution in [0.5, 0.6) is 0 Å². The van der Waals surface area contributed by atoms with E-state index in [2.05, 4.69) is 15.3 Å². The lowest BCUT2D eigenvalue weighted by atomic mass is 10.0. The van der Waals surface area contributed by atoms with E-state index in [1.165, 1.54) is 40.9 Å². The predicted octanol–water partition coefficient (Wildman–Crippen LogP) is 4.35. The fourth-order valence-corrected chi connectivity index (χ4v) is 4.57. The molecule has 0 aliphatic rings. The molecule has 0 unspecified atom stereocenters. The molecule has 0 saturated heterocycles. The van der Waals surface area contributed by atoms with Crippen molar-refractivity contribution in [3.63, 3.8) is 0 Å². The molecule has 3 N–H and O–H groups in total. The molecule has 3 heterocycles. The molecule has 0 aliphatic heterocycles. The van der Waals surface area contributed by atoms with Crippen LogP contribution < -0.4 is 10.9 Å². The average molecular weight is 603 g/mol. The highest BCUT2D eigenvalue weighted by Gasteiger charge is 2.23. The van der Waals surface area contributed by atoms with Gasteiger partial charge in [-0.05, 0) is 49.5 Å². The van der Waals surface area contributed by atoms with Crippen LogP contribution >= 0.6 is 11.6 Å². The van der Waals surface area contributed by atoms with E-state index in [-0.39, 0.29) is 36.3 Å². The maximum absolute atomic E-state index is 14.5. The topological polar surface area (TPSA) is 141 Å². The fraction of sp³-hybridized carbons (Fsp3) is 0.414. The highest BCUT2D eigenvalue weighted by molar-refractivity contribution is 6.29. The van der Waals surface area contributed by atoms with Gasteiger partial charge in [0.2, 0.25) is 11.8 Å². The molecule has 0 aromatic carbocycles. The van der Waals surface area contributed by atoms with Crippen molar-refractivity contribution in [1.29, 1.82) is 0 Å². The lowest BCUT2D eigenvalue weighted by Gasteiger charge is -2.21. The first-order chi connectivity index (χ1) is 19.8. The van der Waals surface area contributed by atoms with Crippen LogP contribution in [0, 0.1) is 17.7 Å². The number of aromatic nitrogens is 3. The molecule has 11 nitrogen and oxygen atoms in total. The average Bonchev–Trinajstić information content (AvgIpc) is 3.36. The third kappa shape index (κ3) is 8.19. The number of likely N-dealkylation sites (N-methyl/N-ethyl adjacent to an activating group) is 1. The smallest absolute Gasteiger partial charge is 0.407 e. The van der Waals surface area contributed by atoms with E-state index in [1.54, 1.807) is 26.2 Å². The van der Waals surface area contributed by atoms with Gasteiger partial charge in [0.05, 0.1) is 29.9 Å². The normalized spacial score (nSPS) is 12.2. The summed E-state index contributed by atoms with van der Waals surface area (Å²) in [4.78, 5) is 59.6. The summed E-state index contributed by atoms with van der Waals surface area (Å²) >= 11 is 6.36. The van der Waals surface area contributed by atoms with Crippen molar-refractivity contribution >= 4 is 46.1 Å². The minimum atomic E-state index is -1.21. The molecule has 3 aromatic heterocycles. The number of carboxylic acid groups (broad SMARTS) is 1. The standard InChI is InChI=1S/C29H36ClFN6O5/c1-17(2)12-23-26-20(21(31)14-32-23)13-19(33-26)16-37-24(30)11-10-22(28(37)40)34-27(39)18(15-36(5)29(41)42)8-6-7-9-25(38)35(3)4/h7,9-11,13-14,17-18,33H,6,8,12,15-16H2,1-5H3,(H,34,39)(H,41,42)/b9-7+/t18-/m0/s1. The van der Waals surface area contributed by atoms with Crippen LogP contribution in [0.25, 0.3) is 10.9 Å². The maximum atomic E-state index is 14.5. The first-order valence-corrected chi connectivity index (χ1v) is 13.8. The molecule has 42 heavy (non-hydrogen) atoms. The number of fused-ring (bicyclic) bond motifs is 1. The predicted molar refractivity (Wildman–Crippen MR) is 159 cm³/mol. The van der Waals surface area contributed by atoms with Crippen molar-refractivity contribution in [3.8, 4) is 0 Å². The number of carbonyl (C=O) groups is 3. The number of hydrogen-bond acceptors (Lipinski definition) is 5. The summed E-state index contributed by atoms with van der Waals surface area (Å²) in [6, 6.07) is 4.44. The van der Waals surface area contributed by atoms with Crippen LogP contribution in [0.3, 0.4) is 0 Å². The zero-order valence-electron chi connectivity index (χ0n) is 24.3. The number of carbonyl (C=O) groups excluding carboxylic acids is 2. The maximum Gasteiger partial charge on any atom is 0.407 e. The van der Waals surface area contributed by atoms with Crippen LogP contribution in [0.4, 0.5) is 14.9 Å². The molecule has 0 spiro atoms. The number of allylic oxidation sites excluding steroid dienone is 1. The van der Waals surface area contributed by atoms with E-state index in [1.807, 2.05) is 13.8 Å². The summed E-state index contributed by atoms with van der Waals surface area (Å²) in [5.41, 5.74) is 1.16. The highest BCUT2D eigenvalue weighted by atomic mass is 35.5. The van der Waals surface area contributed by atoms with Crippen LogP contribution in [0.1, 0.15) is 38.1 Å². The molecule has 0 aliphatic carbocycles. The molecule has 1 atom stereocenters. The van der Waals surface area contributed by atoms with Crippen LogP contribution in [0.15, 0.2) is 41.3 Å². The number of nitrogens with zero attached hydrogens (tertiary/aromatic N) is 4. The van der Waals surface area contributed by atoms with Gasteiger partial charge < -0.3 is 25.2 Å². The molecular formula is C29H36ClFN6O5. The molecule has 3 rings (SSSR count). The van der Waals surface area contributed by atoms with Gasteiger partial charge in [0.1, 0.15) is 10.8 Å². The third-order valence-electron chi connectivity index (χ3n) is 6.64. The van der Waals surface area contributed by atoms with Gasteiger partial charge >= 0.3 is 6.09 Å². The van der Waals surface area contributed by atoms with E-state index < -0.39 is 29.3 Å². The van der Waals surface area contributed by atoms with E-state index in [0.717, 1.165) is 4.90 Å². The number of aromatic amines is 1. The monoisotopic (exact) mass is 602 g/mol. The van der Waals surface area contributed by atoms with Gasteiger partial charge in [0.15, 0.2) is 5.82 Å². The van der Waals surface area contributed by atoms with E-state index >= 15 is 0 Å². The van der Waals surface area contributed by atoms with Crippen molar-refractivity contribution in [2.75, 3.05) is 33.0 Å². The van der Waals surface area contributed by atoms with Gasteiger partial charge in [-0.2, -0.15) is 0 Å². The molecule has 226 valence electrons. The van der Waals surface area contributed by atoms with Crippen molar-refractivity contribution < 1.29 is 23.9 Å². The Bertz CT molecular complexity index is 1550. The van der Waals surface area contributed by atoms with Gasteiger partial charge in [-0.25, -0.2) is 9.18 Å². The Labute approximate surface area is 248 Å². The number of halogens is 2. The number of nitrogens with one attached hydrogen (secondary N) is 2. The highest BCUT2D eigenvalue weighted by Crippen LogP contribution is 2.24. The Kier molecular flexibility index (Phi) is 10.9. The van der Waals surface area contributed by atoms with Crippen molar-refractivity contribution in [2.24, 2.45) is 11.8 Å². The molecule has 0 radical (unpaired) electrons. The second-order valence-electron chi connectivity index (χ2n) is 10.8. The zero-order chi connectivity index (χ0) is 31.1. The van der Waals surface area contributed by atoms with E-state index in [4.69, 9.17) is 11.6 Å². The van der Waals surface area contributed by atoms with Crippen LogP contribution in [0.2, 0.25) is 5.15 Å². The molecule has 0 bridgehead atoms. The largest absolute Gasteiger partial charge is 0.465 e. The minimum absolute atomic E-state index is 0.0213. The molecular weight excluding hydrogens is 567 g/mol. The number of anilines is 1. The van der Waals surface area contributed by atoms with E-state index in [9.17, 15) is 28.7 Å². The summed E-state index contributed by atoms with van der Waals surface area (Å²) in [6.45, 7) is 3.93. The summed E-state index contributed by atoms with van der Waals surface area (Å²) < 4.78 is 15.8. The number of rotatable bonds is 12. The summed E-state index contributed by atoms with van der Waals surface area (Å²) in [5.74, 6) is -1.77. The molecule has 13 heteroatoms. The number of hydrogen-bond donors (Lipinski definition) is 3. The second kappa shape index (κ2) is 14.1. The second-order valence-corrected chi connectivity index (χ2v) is 11.1. The summed E-state index contributed by atoms with van der Waals surface area (Å²) in [6.07, 6.45) is 4.17. The van der Waals surface area contributed by atoms with Crippen molar-refractivity contribution in [3.05, 3.63) is 69.3 Å². The quantitative estimate of drug-likeness (QED) is 0.208. The molecule has 3 aromatic rings. The van der Waals surface area contributed by atoms with Crippen molar-refractivity contribution in [1.82, 2.24) is 24.3 Å².